The third kappa shape index (κ3) is 2.33. The van der Waals surface area contributed by atoms with E-state index in [1.165, 1.54) is 4.68 Å². The molecule has 1 N–H and O–H groups in total. The maximum absolute atomic E-state index is 11.5. The quantitative estimate of drug-likeness (QED) is 0.926. The highest BCUT2D eigenvalue weighted by Gasteiger charge is 2.37. The van der Waals surface area contributed by atoms with Gasteiger partial charge < -0.3 is 5.11 Å². The number of aryl methyl sites for hydroxylation is 1. The number of carboxylic acids is 1. The van der Waals surface area contributed by atoms with Gasteiger partial charge >= 0.3 is 5.97 Å². The average molecular weight is 339 g/mol. The number of carboxylic acid groups (broad SMARTS) is 1. The van der Waals surface area contributed by atoms with E-state index < -0.39 is 11.5 Å². The van der Waals surface area contributed by atoms with E-state index >= 15 is 0 Å². The summed E-state index contributed by atoms with van der Waals surface area (Å²) in [4.78, 5) is 11.5. The molecular formula is C13H15BrN4O2. The Bertz CT molecular complexity index is 656. The highest BCUT2D eigenvalue weighted by atomic mass is 79.9. The van der Waals surface area contributed by atoms with E-state index in [1.54, 1.807) is 13.8 Å². The van der Waals surface area contributed by atoms with E-state index in [-0.39, 0.29) is 0 Å². The number of aromatic nitrogens is 4. The minimum absolute atomic E-state index is 0.385. The van der Waals surface area contributed by atoms with Crippen molar-refractivity contribution < 1.29 is 9.90 Å². The molecule has 1 heterocycles. The fourth-order valence-corrected chi connectivity index (χ4v) is 2.12. The number of nitrogens with zero attached hydrogens (tertiary/aromatic N) is 4. The van der Waals surface area contributed by atoms with Gasteiger partial charge in [-0.05, 0) is 54.5 Å². The number of hydrogen-bond donors (Lipinski definition) is 1. The van der Waals surface area contributed by atoms with Gasteiger partial charge in [0.2, 0.25) is 0 Å². The van der Waals surface area contributed by atoms with Crippen molar-refractivity contribution in [3.63, 3.8) is 0 Å². The van der Waals surface area contributed by atoms with Crippen LogP contribution in [-0.2, 0) is 10.3 Å². The van der Waals surface area contributed by atoms with Crippen molar-refractivity contribution in [3.05, 3.63) is 28.2 Å². The Labute approximate surface area is 124 Å². The zero-order chi connectivity index (χ0) is 14.9. The average Bonchev–Trinajstić information content (AvgIpc) is 2.90. The van der Waals surface area contributed by atoms with Crippen LogP contribution in [0.15, 0.2) is 22.7 Å². The molecule has 2 rings (SSSR count). The first-order valence-electron chi connectivity index (χ1n) is 6.19. The summed E-state index contributed by atoms with van der Waals surface area (Å²) < 4.78 is 2.36. The number of hydrogen-bond acceptors (Lipinski definition) is 4. The Balaban J connectivity index is 2.58. The summed E-state index contributed by atoms with van der Waals surface area (Å²) >= 11 is 3.43. The SMILES string of the molecule is CCC(C)(C(=O)O)n1nnnc1-c1ccc(Br)c(C)c1. The lowest BCUT2D eigenvalue weighted by Crippen LogP contribution is -2.39. The summed E-state index contributed by atoms with van der Waals surface area (Å²) in [5.41, 5.74) is 0.655. The normalized spacial score (nSPS) is 14.0. The smallest absolute Gasteiger partial charge is 0.331 e. The molecule has 106 valence electrons. The fourth-order valence-electron chi connectivity index (χ4n) is 1.87. The first-order chi connectivity index (χ1) is 9.40. The molecule has 1 aromatic carbocycles. The summed E-state index contributed by atoms with van der Waals surface area (Å²) in [5, 5.41) is 20.9. The highest BCUT2D eigenvalue weighted by molar-refractivity contribution is 9.10. The van der Waals surface area contributed by atoms with E-state index in [1.807, 2.05) is 25.1 Å². The molecule has 0 saturated carbocycles. The molecule has 0 saturated heterocycles. The summed E-state index contributed by atoms with van der Waals surface area (Å²) in [6.45, 7) is 5.37. The van der Waals surface area contributed by atoms with Gasteiger partial charge in [0.25, 0.3) is 0 Å². The second kappa shape index (κ2) is 5.32. The van der Waals surface area contributed by atoms with Crippen molar-refractivity contribution in [2.75, 3.05) is 0 Å². The largest absolute Gasteiger partial charge is 0.479 e. The third-order valence-electron chi connectivity index (χ3n) is 3.50. The van der Waals surface area contributed by atoms with Gasteiger partial charge in [-0.25, -0.2) is 9.48 Å². The van der Waals surface area contributed by atoms with Crippen LogP contribution in [0.1, 0.15) is 25.8 Å². The standard InChI is InChI=1S/C13H15BrN4O2/c1-4-13(3,12(19)20)18-11(15-16-17-18)9-5-6-10(14)8(2)7-9/h5-7H,4H2,1-3H3,(H,19,20). The van der Waals surface area contributed by atoms with Crippen molar-refractivity contribution in [1.29, 1.82) is 0 Å². The lowest BCUT2D eigenvalue weighted by molar-refractivity contribution is -0.147. The topological polar surface area (TPSA) is 80.9 Å². The van der Waals surface area contributed by atoms with Gasteiger partial charge in [0, 0.05) is 10.0 Å². The number of benzene rings is 1. The van der Waals surface area contributed by atoms with Crippen LogP contribution < -0.4 is 0 Å². The van der Waals surface area contributed by atoms with Gasteiger partial charge in [-0.15, -0.1) is 5.10 Å². The van der Waals surface area contributed by atoms with Crippen molar-refractivity contribution in [2.24, 2.45) is 0 Å². The molecule has 0 bridgehead atoms. The molecule has 0 aliphatic carbocycles. The summed E-state index contributed by atoms with van der Waals surface area (Å²) in [5.74, 6) is -0.505. The maximum Gasteiger partial charge on any atom is 0.331 e. The maximum atomic E-state index is 11.5. The number of carbonyl (C=O) groups is 1. The summed E-state index contributed by atoms with van der Waals surface area (Å²) in [6, 6.07) is 5.68. The monoisotopic (exact) mass is 338 g/mol. The molecule has 0 aliphatic rings. The van der Waals surface area contributed by atoms with Gasteiger partial charge in [-0.1, -0.05) is 22.9 Å². The molecule has 0 spiro atoms. The van der Waals surface area contributed by atoms with Gasteiger partial charge in [0.05, 0.1) is 0 Å². The van der Waals surface area contributed by atoms with Crippen molar-refractivity contribution in [2.45, 2.75) is 32.7 Å². The van der Waals surface area contributed by atoms with Crippen LogP contribution in [0.25, 0.3) is 11.4 Å². The van der Waals surface area contributed by atoms with Gasteiger partial charge in [-0.2, -0.15) is 0 Å². The Morgan fingerprint density at radius 2 is 2.20 bits per heavy atom. The van der Waals surface area contributed by atoms with E-state index in [0.29, 0.717) is 12.2 Å². The number of halogens is 1. The van der Waals surface area contributed by atoms with Gasteiger partial charge in [0.1, 0.15) is 0 Å². The molecule has 0 aliphatic heterocycles. The minimum atomic E-state index is -1.17. The molecule has 0 radical (unpaired) electrons. The van der Waals surface area contributed by atoms with E-state index in [0.717, 1.165) is 15.6 Å². The number of tetrazole rings is 1. The van der Waals surface area contributed by atoms with E-state index in [9.17, 15) is 9.90 Å². The molecule has 1 aromatic heterocycles. The lowest BCUT2D eigenvalue weighted by atomic mass is 9.99. The molecule has 6 nitrogen and oxygen atoms in total. The Kier molecular flexibility index (Phi) is 3.89. The van der Waals surface area contributed by atoms with Gasteiger partial charge in [-0.3, -0.25) is 0 Å². The Morgan fingerprint density at radius 1 is 1.50 bits per heavy atom. The fraction of sp³-hybridized carbons (Fsp3) is 0.385. The van der Waals surface area contributed by atoms with Crippen LogP contribution in [0.2, 0.25) is 0 Å². The second-order valence-electron chi connectivity index (χ2n) is 4.81. The third-order valence-corrected chi connectivity index (χ3v) is 4.39. The molecule has 0 amide bonds. The lowest BCUT2D eigenvalue weighted by Gasteiger charge is -2.24. The highest BCUT2D eigenvalue weighted by Crippen LogP contribution is 2.28. The van der Waals surface area contributed by atoms with Crippen LogP contribution in [0.4, 0.5) is 0 Å². The zero-order valence-corrected chi connectivity index (χ0v) is 13.0. The first-order valence-corrected chi connectivity index (χ1v) is 6.98. The number of rotatable bonds is 4. The molecule has 0 fully saturated rings. The molecule has 20 heavy (non-hydrogen) atoms. The predicted molar refractivity (Wildman–Crippen MR) is 77.3 cm³/mol. The second-order valence-corrected chi connectivity index (χ2v) is 5.67. The van der Waals surface area contributed by atoms with Crippen molar-refractivity contribution in [3.8, 4) is 11.4 Å². The van der Waals surface area contributed by atoms with Crippen molar-refractivity contribution in [1.82, 2.24) is 20.2 Å². The van der Waals surface area contributed by atoms with Crippen molar-refractivity contribution >= 4 is 21.9 Å². The molecule has 7 heteroatoms. The Morgan fingerprint density at radius 3 is 2.75 bits per heavy atom. The first kappa shape index (κ1) is 14.6. The number of aliphatic carboxylic acids is 1. The van der Waals surface area contributed by atoms with E-state index in [4.69, 9.17) is 0 Å². The van der Waals surface area contributed by atoms with Crippen LogP contribution in [0.3, 0.4) is 0 Å². The summed E-state index contributed by atoms with van der Waals surface area (Å²) in [6.07, 6.45) is 0.385. The summed E-state index contributed by atoms with van der Waals surface area (Å²) in [7, 11) is 0. The van der Waals surface area contributed by atoms with Crippen LogP contribution in [0, 0.1) is 6.92 Å². The van der Waals surface area contributed by atoms with Crippen LogP contribution in [-0.4, -0.2) is 31.3 Å². The van der Waals surface area contributed by atoms with Crippen LogP contribution in [0.5, 0.6) is 0 Å². The van der Waals surface area contributed by atoms with E-state index in [2.05, 4.69) is 31.5 Å². The zero-order valence-electron chi connectivity index (χ0n) is 11.5. The molecular weight excluding hydrogens is 324 g/mol. The molecule has 1 unspecified atom stereocenters. The molecule has 1 atom stereocenters. The van der Waals surface area contributed by atoms with Gasteiger partial charge in [0.15, 0.2) is 11.4 Å². The predicted octanol–water partition coefficient (Wildman–Crippen LogP) is 2.62. The molecule has 2 aromatic rings. The minimum Gasteiger partial charge on any atom is -0.479 e. The Hall–Kier alpha value is -1.76. The van der Waals surface area contributed by atoms with Crippen LogP contribution >= 0.6 is 15.9 Å².